The van der Waals surface area contributed by atoms with Gasteiger partial charge >= 0.3 is 0 Å². The lowest BCUT2D eigenvalue weighted by atomic mass is 9.99. The number of aromatic nitrogens is 2. The van der Waals surface area contributed by atoms with Gasteiger partial charge in [-0.1, -0.05) is 25.1 Å². The molecule has 3 heterocycles. The average Bonchev–Trinajstić information content (AvgIpc) is 2.68. The monoisotopic (exact) mass is 368 g/mol. The second-order valence-corrected chi connectivity index (χ2v) is 7.76. The molecule has 1 N–H and O–H groups in total. The Morgan fingerprint density at radius 3 is 2.78 bits per heavy atom. The van der Waals surface area contributed by atoms with E-state index in [9.17, 15) is 4.79 Å². The van der Waals surface area contributed by atoms with Gasteiger partial charge in [0.1, 0.15) is 5.75 Å². The molecule has 144 valence electrons. The van der Waals surface area contributed by atoms with Crippen molar-refractivity contribution in [2.75, 3.05) is 31.6 Å². The topological polar surface area (TPSA) is 61.5 Å². The number of benzene rings is 1. The predicted molar refractivity (Wildman–Crippen MR) is 106 cm³/mol. The lowest BCUT2D eigenvalue weighted by Crippen LogP contribution is -2.39. The number of anilines is 1. The Bertz CT molecular complexity index is 856. The van der Waals surface area contributed by atoms with E-state index in [2.05, 4.69) is 27.8 Å². The number of methoxy groups -OCH3 is 1. The van der Waals surface area contributed by atoms with E-state index in [4.69, 9.17) is 9.72 Å². The summed E-state index contributed by atoms with van der Waals surface area (Å²) in [4.78, 5) is 25.0. The number of ether oxygens (including phenoxy) is 1. The van der Waals surface area contributed by atoms with Gasteiger partial charge in [-0.15, -0.1) is 0 Å². The van der Waals surface area contributed by atoms with Crippen LogP contribution in [0.15, 0.2) is 29.1 Å². The third kappa shape index (κ3) is 3.86. The summed E-state index contributed by atoms with van der Waals surface area (Å²) >= 11 is 0. The van der Waals surface area contributed by atoms with E-state index in [1.165, 1.54) is 5.56 Å². The second kappa shape index (κ2) is 7.72. The molecule has 2 aliphatic rings. The number of nitrogens with one attached hydrogen (secondary N) is 1. The Kier molecular flexibility index (Phi) is 5.16. The van der Waals surface area contributed by atoms with Crippen LogP contribution in [0.3, 0.4) is 0 Å². The summed E-state index contributed by atoms with van der Waals surface area (Å²) in [5, 5.41) is 0. The highest BCUT2D eigenvalue weighted by atomic mass is 16.5. The van der Waals surface area contributed by atoms with Gasteiger partial charge in [0.05, 0.1) is 12.8 Å². The molecule has 1 aromatic heterocycles. The van der Waals surface area contributed by atoms with Crippen molar-refractivity contribution in [2.24, 2.45) is 5.92 Å². The molecule has 0 radical (unpaired) electrons. The molecule has 4 rings (SSSR count). The SMILES string of the molecule is COc1ccccc1CN1CCc2c(nc(N3CCC(C)CC3)[nH]c2=O)C1. The smallest absolute Gasteiger partial charge is 0.255 e. The number of hydrogen-bond acceptors (Lipinski definition) is 5. The zero-order valence-corrected chi connectivity index (χ0v) is 16.2. The van der Waals surface area contributed by atoms with Gasteiger partial charge in [-0.2, -0.15) is 0 Å². The fourth-order valence-corrected chi connectivity index (χ4v) is 4.06. The summed E-state index contributed by atoms with van der Waals surface area (Å²) in [6.07, 6.45) is 3.05. The molecule has 0 bridgehead atoms. The molecule has 6 nitrogen and oxygen atoms in total. The van der Waals surface area contributed by atoms with Gasteiger partial charge < -0.3 is 9.64 Å². The van der Waals surface area contributed by atoms with E-state index in [-0.39, 0.29) is 5.56 Å². The minimum atomic E-state index is 0.0329. The number of aromatic amines is 1. The van der Waals surface area contributed by atoms with Gasteiger partial charge in [-0.25, -0.2) is 4.98 Å². The fourth-order valence-electron chi connectivity index (χ4n) is 4.06. The first-order chi connectivity index (χ1) is 13.1. The van der Waals surface area contributed by atoms with Crippen LogP contribution in [0, 0.1) is 5.92 Å². The van der Waals surface area contributed by atoms with Crippen molar-refractivity contribution in [3.63, 3.8) is 0 Å². The quantitative estimate of drug-likeness (QED) is 0.899. The Morgan fingerprint density at radius 2 is 2.00 bits per heavy atom. The first-order valence-corrected chi connectivity index (χ1v) is 9.85. The Labute approximate surface area is 160 Å². The largest absolute Gasteiger partial charge is 0.496 e. The lowest BCUT2D eigenvalue weighted by molar-refractivity contribution is 0.237. The van der Waals surface area contributed by atoms with Crippen LogP contribution < -0.4 is 15.2 Å². The zero-order valence-electron chi connectivity index (χ0n) is 16.2. The number of hydrogen-bond donors (Lipinski definition) is 1. The van der Waals surface area contributed by atoms with E-state index in [0.717, 1.165) is 74.3 Å². The van der Waals surface area contributed by atoms with Gasteiger partial charge in [0.2, 0.25) is 5.95 Å². The normalized spacial score (nSPS) is 18.4. The maximum Gasteiger partial charge on any atom is 0.255 e. The number of H-pyrrole nitrogens is 1. The molecule has 2 aromatic rings. The summed E-state index contributed by atoms with van der Waals surface area (Å²) < 4.78 is 5.48. The van der Waals surface area contributed by atoms with Crippen LogP contribution in [0.1, 0.15) is 36.6 Å². The van der Waals surface area contributed by atoms with E-state index in [1.807, 2.05) is 18.2 Å². The molecule has 0 amide bonds. The summed E-state index contributed by atoms with van der Waals surface area (Å²) in [6.45, 7) is 6.58. The second-order valence-electron chi connectivity index (χ2n) is 7.76. The molecule has 0 spiro atoms. The van der Waals surface area contributed by atoms with Gasteiger partial charge in [-0.3, -0.25) is 14.7 Å². The molecule has 0 aliphatic carbocycles. The van der Waals surface area contributed by atoms with Crippen LogP contribution in [0.4, 0.5) is 5.95 Å². The third-order valence-corrected chi connectivity index (χ3v) is 5.81. The van der Waals surface area contributed by atoms with Crippen molar-refractivity contribution in [3.05, 3.63) is 51.4 Å². The molecule has 1 fully saturated rings. The van der Waals surface area contributed by atoms with E-state index in [1.54, 1.807) is 7.11 Å². The van der Waals surface area contributed by atoms with E-state index >= 15 is 0 Å². The summed E-state index contributed by atoms with van der Waals surface area (Å²) in [5.41, 5.74) is 2.97. The van der Waals surface area contributed by atoms with Crippen LogP contribution >= 0.6 is 0 Å². The lowest BCUT2D eigenvalue weighted by Gasteiger charge is -2.32. The molecule has 1 aromatic carbocycles. The minimum absolute atomic E-state index is 0.0329. The summed E-state index contributed by atoms with van der Waals surface area (Å²) in [6, 6.07) is 8.11. The van der Waals surface area contributed by atoms with Crippen molar-refractivity contribution < 1.29 is 4.74 Å². The van der Waals surface area contributed by atoms with E-state index in [0.29, 0.717) is 6.54 Å². The van der Waals surface area contributed by atoms with Gasteiger partial charge in [0.25, 0.3) is 5.56 Å². The number of para-hydroxylation sites is 1. The van der Waals surface area contributed by atoms with E-state index < -0.39 is 0 Å². The van der Waals surface area contributed by atoms with Gasteiger partial charge in [-0.05, 0) is 31.2 Å². The predicted octanol–water partition coefficient (Wildman–Crippen LogP) is 2.57. The number of nitrogens with zero attached hydrogens (tertiary/aromatic N) is 3. The number of piperidine rings is 1. The van der Waals surface area contributed by atoms with Crippen LogP contribution in [0.2, 0.25) is 0 Å². The Morgan fingerprint density at radius 1 is 1.22 bits per heavy atom. The van der Waals surface area contributed by atoms with Crippen molar-refractivity contribution in [1.29, 1.82) is 0 Å². The summed E-state index contributed by atoms with van der Waals surface area (Å²) in [5.74, 6) is 2.40. The van der Waals surface area contributed by atoms with Crippen LogP contribution in [0.25, 0.3) is 0 Å². The molecule has 1 saturated heterocycles. The van der Waals surface area contributed by atoms with Crippen LogP contribution in [-0.2, 0) is 19.5 Å². The number of fused-ring (bicyclic) bond motifs is 1. The van der Waals surface area contributed by atoms with Crippen LogP contribution in [-0.4, -0.2) is 41.6 Å². The number of rotatable bonds is 4. The highest BCUT2D eigenvalue weighted by Gasteiger charge is 2.24. The molecule has 0 unspecified atom stereocenters. The molecule has 27 heavy (non-hydrogen) atoms. The summed E-state index contributed by atoms with van der Waals surface area (Å²) in [7, 11) is 1.71. The highest BCUT2D eigenvalue weighted by Crippen LogP contribution is 2.24. The first kappa shape index (κ1) is 18.0. The first-order valence-electron chi connectivity index (χ1n) is 9.85. The molecule has 0 saturated carbocycles. The molecule has 2 aliphatic heterocycles. The fraction of sp³-hybridized carbons (Fsp3) is 0.524. The molecule has 6 heteroatoms. The highest BCUT2D eigenvalue weighted by molar-refractivity contribution is 5.36. The van der Waals surface area contributed by atoms with Gasteiger partial charge in [0, 0.05) is 43.9 Å². The third-order valence-electron chi connectivity index (χ3n) is 5.81. The Hall–Kier alpha value is -2.34. The van der Waals surface area contributed by atoms with Crippen LogP contribution in [0.5, 0.6) is 5.75 Å². The standard InChI is InChI=1S/C21H28N4O2/c1-15-7-11-25(12-8-15)21-22-18-14-24(10-9-17(18)20(26)23-21)13-16-5-3-4-6-19(16)27-2/h3-6,15H,7-14H2,1-2H3,(H,22,23,26). The molecule has 0 atom stereocenters. The van der Waals surface area contributed by atoms with Crippen molar-refractivity contribution in [2.45, 2.75) is 39.3 Å². The average molecular weight is 368 g/mol. The molecular formula is C21H28N4O2. The van der Waals surface area contributed by atoms with Crippen molar-refractivity contribution in [1.82, 2.24) is 14.9 Å². The van der Waals surface area contributed by atoms with Crippen molar-refractivity contribution >= 4 is 5.95 Å². The van der Waals surface area contributed by atoms with Crippen molar-refractivity contribution in [3.8, 4) is 5.75 Å². The van der Waals surface area contributed by atoms with Gasteiger partial charge in [0.15, 0.2) is 0 Å². The molecular weight excluding hydrogens is 340 g/mol. The zero-order chi connectivity index (χ0) is 18.8. The Balaban J connectivity index is 1.53. The minimum Gasteiger partial charge on any atom is -0.496 e. The maximum absolute atomic E-state index is 12.6. The maximum atomic E-state index is 12.6.